The third kappa shape index (κ3) is 6.07. The third-order valence-corrected chi connectivity index (χ3v) is 6.09. The van der Waals surface area contributed by atoms with E-state index >= 15 is 0 Å². The maximum Gasteiger partial charge on any atom is 0.283 e. The molecular formula is C23H33N3O2S. The maximum absolute atomic E-state index is 13.0. The van der Waals surface area contributed by atoms with Gasteiger partial charge in [0.25, 0.3) is 10.0 Å². The van der Waals surface area contributed by atoms with Gasteiger partial charge < -0.3 is 9.80 Å². The van der Waals surface area contributed by atoms with E-state index in [9.17, 15) is 8.42 Å². The van der Waals surface area contributed by atoms with Gasteiger partial charge in [-0.15, -0.1) is 4.40 Å². The van der Waals surface area contributed by atoms with Crippen LogP contribution in [0.1, 0.15) is 38.8 Å². The van der Waals surface area contributed by atoms with E-state index in [0.29, 0.717) is 12.3 Å². The van der Waals surface area contributed by atoms with Crippen molar-refractivity contribution in [1.29, 1.82) is 0 Å². The summed E-state index contributed by atoms with van der Waals surface area (Å²) in [5.41, 5.74) is 3.14. The van der Waals surface area contributed by atoms with Gasteiger partial charge in [-0.05, 0) is 64.4 Å². The van der Waals surface area contributed by atoms with Gasteiger partial charge in [0.2, 0.25) is 0 Å². The van der Waals surface area contributed by atoms with Crippen LogP contribution in [0.4, 0.5) is 5.69 Å². The normalized spacial score (nSPS) is 12.5. The molecule has 158 valence electrons. The first kappa shape index (κ1) is 22.9. The van der Waals surface area contributed by atoms with Gasteiger partial charge in [0.1, 0.15) is 5.84 Å². The number of anilines is 1. The molecule has 0 unspecified atom stereocenters. The summed E-state index contributed by atoms with van der Waals surface area (Å²) in [7, 11) is 0.199. The van der Waals surface area contributed by atoms with Gasteiger partial charge >= 0.3 is 0 Å². The zero-order valence-electron chi connectivity index (χ0n) is 18.5. The first-order valence-electron chi connectivity index (χ1n) is 9.96. The summed E-state index contributed by atoms with van der Waals surface area (Å²) >= 11 is 0. The molecule has 0 aliphatic carbocycles. The molecular weight excluding hydrogens is 382 g/mol. The van der Waals surface area contributed by atoms with Gasteiger partial charge in [0, 0.05) is 38.3 Å². The lowest BCUT2D eigenvalue weighted by atomic mass is 10.1. The van der Waals surface area contributed by atoms with Crippen molar-refractivity contribution in [2.45, 2.75) is 58.0 Å². The van der Waals surface area contributed by atoms with Gasteiger partial charge in [-0.3, -0.25) is 0 Å². The van der Waals surface area contributed by atoms with E-state index in [2.05, 4.69) is 37.0 Å². The van der Waals surface area contributed by atoms with Gasteiger partial charge in [-0.2, -0.15) is 8.42 Å². The largest absolute Gasteiger partial charge is 0.378 e. The lowest BCUT2D eigenvalue weighted by Crippen LogP contribution is -2.43. The van der Waals surface area contributed by atoms with Gasteiger partial charge in [-0.25, -0.2) is 0 Å². The molecule has 0 saturated heterocycles. The summed E-state index contributed by atoms with van der Waals surface area (Å²) in [5.74, 6) is 0.563. The van der Waals surface area contributed by atoms with Crippen LogP contribution in [0, 0.1) is 6.92 Å². The van der Waals surface area contributed by atoms with Crippen molar-refractivity contribution in [3.63, 3.8) is 0 Å². The highest BCUT2D eigenvalue weighted by molar-refractivity contribution is 7.90. The number of aryl methyl sites for hydroxylation is 1. The van der Waals surface area contributed by atoms with E-state index in [1.54, 1.807) is 24.3 Å². The van der Waals surface area contributed by atoms with E-state index in [1.807, 2.05) is 50.2 Å². The average molecular weight is 416 g/mol. The molecule has 2 aromatic carbocycles. The predicted octanol–water partition coefficient (Wildman–Crippen LogP) is 4.51. The van der Waals surface area contributed by atoms with E-state index < -0.39 is 10.0 Å². The summed E-state index contributed by atoms with van der Waals surface area (Å²) in [5, 5.41) is 0. The molecule has 5 nitrogen and oxygen atoms in total. The van der Waals surface area contributed by atoms with Crippen LogP contribution in [-0.2, 0) is 16.4 Å². The van der Waals surface area contributed by atoms with Crippen LogP contribution in [0.5, 0.6) is 0 Å². The first-order valence-corrected chi connectivity index (χ1v) is 11.4. The van der Waals surface area contributed by atoms with Crippen LogP contribution in [-0.4, -0.2) is 45.3 Å². The number of benzene rings is 2. The van der Waals surface area contributed by atoms with Gasteiger partial charge in [0.05, 0.1) is 4.90 Å². The monoisotopic (exact) mass is 415 g/mol. The Hall–Kier alpha value is -2.34. The molecule has 29 heavy (non-hydrogen) atoms. The number of nitrogens with zero attached hydrogens (tertiary/aromatic N) is 3. The first-order chi connectivity index (χ1) is 13.5. The fourth-order valence-electron chi connectivity index (χ4n) is 3.36. The van der Waals surface area contributed by atoms with Crippen LogP contribution >= 0.6 is 0 Å². The van der Waals surface area contributed by atoms with Crippen LogP contribution in [0.15, 0.2) is 57.8 Å². The van der Waals surface area contributed by atoms with Crippen molar-refractivity contribution in [2.75, 3.05) is 19.0 Å². The molecule has 0 atom stereocenters. The predicted molar refractivity (Wildman–Crippen MR) is 122 cm³/mol. The molecule has 0 fully saturated rings. The molecule has 0 aliphatic heterocycles. The van der Waals surface area contributed by atoms with Crippen LogP contribution < -0.4 is 4.90 Å². The summed E-state index contributed by atoms with van der Waals surface area (Å²) in [4.78, 5) is 4.33. The van der Waals surface area contributed by atoms with Crippen LogP contribution in [0.25, 0.3) is 0 Å². The van der Waals surface area contributed by atoms with Crippen molar-refractivity contribution >= 4 is 21.5 Å². The zero-order valence-corrected chi connectivity index (χ0v) is 19.4. The molecule has 0 saturated carbocycles. The molecule has 0 aromatic heterocycles. The Morgan fingerprint density at radius 3 is 1.86 bits per heavy atom. The fourth-order valence-corrected chi connectivity index (χ4v) is 4.38. The minimum Gasteiger partial charge on any atom is -0.378 e. The Labute approximate surface area is 176 Å². The van der Waals surface area contributed by atoms with E-state index in [4.69, 9.17) is 0 Å². The highest BCUT2D eigenvalue weighted by Crippen LogP contribution is 2.19. The Balaban J connectivity index is 2.49. The second-order valence-corrected chi connectivity index (χ2v) is 9.73. The molecule has 6 heteroatoms. The topological polar surface area (TPSA) is 53.0 Å². The number of hydrogen-bond acceptors (Lipinski definition) is 3. The minimum absolute atomic E-state index is 0.128. The summed E-state index contributed by atoms with van der Waals surface area (Å²) < 4.78 is 30.3. The molecule has 0 aliphatic rings. The second-order valence-electron chi connectivity index (χ2n) is 8.13. The third-order valence-electron chi connectivity index (χ3n) is 4.77. The minimum atomic E-state index is -3.79. The second kappa shape index (κ2) is 9.44. The zero-order chi connectivity index (χ0) is 21.8. The van der Waals surface area contributed by atoms with E-state index in [-0.39, 0.29) is 17.0 Å². The van der Waals surface area contributed by atoms with E-state index in [0.717, 1.165) is 16.8 Å². The number of hydrogen-bond donors (Lipinski definition) is 0. The highest BCUT2D eigenvalue weighted by atomic mass is 32.2. The molecule has 0 N–H and O–H groups in total. The van der Waals surface area contributed by atoms with Crippen molar-refractivity contribution in [1.82, 2.24) is 4.90 Å². The standard InChI is InChI=1S/C23H33N3O2S/c1-17(2)26(18(3)4)23(16-20-10-12-21(13-11-20)25(6)7)24-29(27,28)22-14-8-19(5)9-15-22/h8-15,17-18H,16H2,1-7H3/b24-23-. The molecule has 2 aromatic rings. The molecule has 0 spiro atoms. The molecule has 0 amide bonds. The van der Waals surface area contributed by atoms with Crippen LogP contribution in [0.2, 0.25) is 0 Å². The fraction of sp³-hybridized carbons (Fsp3) is 0.435. The molecule has 2 rings (SSSR count). The quantitative estimate of drug-likeness (QED) is 0.493. The lowest BCUT2D eigenvalue weighted by molar-refractivity contribution is 0.288. The number of amidine groups is 1. The average Bonchev–Trinajstić information content (AvgIpc) is 2.61. The Bertz CT molecular complexity index is 921. The van der Waals surface area contributed by atoms with Crippen molar-refractivity contribution in [3.8, 4) is 0 Å². The Morgan fingerprint density at radius 1 is 0.897 bits per heavy atom. The van der Waals surface area contributed by atoms with E-state index in [1.165, 1.54) is 0 Å². The van der Waals surface area contributed by atoms with Gasteiger partial charge in [-0.1, -0.05) is 29.8 Å². The maximum atomic E-state index is 13.0. The number of sulfonamides is 1. The highest BCUT2D eigenvalue weighted by Gasteiger charge is 2.23. The smallest absolute Gasteiger partial charge is 0.283 e. The van der Waals surface area contributed by atoms with Crippen molar-refractivity contribution < 1.29 is 8.42 Å². The summed E-state index contributed by atoms with van der Waals surface area (Å²) in [6.07, 6.45) is 0.454. The van der Waals surface area contributed by atoms with Gasteiger partial charge in [0.15, 0.2) is 0 Å². The summed E-state index contributed by atoms with van der Waals surface area (Å²) in [6.45, 7) is 10.2. The Kier molecular flexibility index (Phi) is 7.47. The Morgan fingerprint density at radius 2 is 1.41 bits per heavy atom. The molecule has 0 bridgehead atoms. The lowest BCUT2D eigenvalue weighted by Gasteiger charge is -2.34. The summed E-state index contributed by atoms with van der Waals surface area (Å²) in [6, 6.07) is 15.2. The van der Waals surface area contributed by atoms with Crippen molar-refractivity contribution in [3.05, 3.63) is 59.7 Å². The molecule has 0 radical (unpaired) electrons. The number of rotatable bonds is 7. The molecule has 0 heterocycles. The van der Waals surface area contributed by atoms with Crippen molar-refractivity contribution in [2.24, 2.45) is 4.40 Å². The SMILES string of the molecule is Cc1ccc(S(=O)(=O)/N=C(/Cc2ccc(N(C)C)cc2)N(C(C)C)C(C)C)cc1. The van der Waals surface area contributed by atoms with Crippen LogP contribution in [0.3, 0.4) is 0 Å².